The number of carbonyl (C=O) groups excluding carboxylic acids is 2. The number of alkyl halides is 2. The number of fused-ring (bicyclic) bond motifs is 1. The zero-order valence-electron chi connectivity index (χ0n) is 18.4. The zero-order chi connectivity index (χ0) is 26.4. The van der Waals surface area contributed by atoms with Gasteiger partial charge >= 0.3 is 6.55 Å². The smallest absolute Gasteiger partial charge is 0.333 e. The average molecular weight is 549 g/mol. The predicted molar refractivity (Wildman–Crippen MR) is 129 cm³/mol. The Morgan fingerprint density at radius 3 is 2.51 bits per heavy atom. The number of hydrogen-bond donors (Lipinski definition) is 2. The summed E-state index contributed by atoms with van der Waals surface area (Å²) >= 11 is 12.2. The third-order valence-electron chi connectivity index (χ3n) is 5.77. The highest BCUT2D eigenvalue weighted by atomic mass is 35.5. The molecule has 0 aliphatic carbocycles. The second kappa shape index (κ2) is 9.53. The summed E-state index contributed by atoms with van der Waals surface area (Å²) < 4.78 is 54.6. The molecule has 0 radical (unpaired) electrons. The van der Waals surface area contributed by atoms with E-state index in [4.69, 9.17) is 23.2 Å². The number of halogens is 6. The largest absolute Gasteiger partial charge is 0.341 e. The lowest BCUT2D eigenvalue weighted by Crippen LogP contribution is -2.21. The van der Waals surface area contributed by atoms with Crippen molar-refractivity contribution in [1.29, 1.82) is 0 Å². The molecule has 0 bridgehead atoms. The van der Waals surface area contributed by atoms with Crippen molar-refractivity contribution in [2.24, 2.45) is 0 Å². The van der Waals surface area contributed by atoms with Gasteiger partial charge in [0.05, 0.1) is 12.2 Å². The predicted octanol–water partition coefficient (Wildman–Crippen LogP) is 6.62. The lowest BCUT2D eigenvalue weighted by Gasteiger charge is -2.19. The van der Waals surface area contributed by atoms with Crippen molar-refractivity contribution in [2.45, 2.75) is 12.6 Å². The van der Waals surface area contributed by atoms with Crippen LogP contribution in [0.2, 0.25) is 10.0 Å². The maximum absolute atomic E-state index is 14.1. The second-order valence-electron chi connectivity index (χ2n) is 8.16. The number of carbonyl (C=O) groups is 2. The van der Waals surface area contributed by atoms with E-state index in [0.29, 0.717) is 10.2 Å². The molecule has 2 N–H and O–H groups in total. The van der Waals surface area contributed by atoms with Crippen LogP contribution in [-0.2, 0) is 0 Å². The number of amides is 2. The molecular weight excluding hydrogens is 535 g/mol. The molecule has 3 aromatic carbocycles. The van der Waals surface area contributed by atoms with Gasteiger partial charge in [-0.05, 0) is 54.1 Å². The summed E-state index contributed by atoms with van der Waals surface area (Å²) in [5.74, 6) is -2.66. The first-order valence-electron chi connectivity index (χ1n) is 10.6. The van der Waals surface area contributed by atoms with Crippen molar-refractivity contribution in [3.8, 4) is 11.1 Å². The Kier molecular flexibility index (Phi) is 6.38. The van der Waals surface area contributed by atoms with Crippen molar-refractivity contribution < 1.29 is 27.2 Å². The molecule has 4 aromatic rings. The number of hydrogen-bond acceptors (Lipinski definition) is 3. The Labute approximate surface area is 216 Å². The summed E-state index contributed by atoms with van der Waals surface area (Å²) in [7, 11) is 0. The lowest BCUT2D eigenvalue weighted by atomic mass is 9.93. The number of nitrogens with zero attached hydrogens (tertiary/aromatic N) is 2. The van der Waals surface area contributed by atoms with Crippen molar-refractivity contribution in [3.63, 3.8) is 0 Å². The van der Waals surface area contributed by atoms with Crippen LogP contribution in [0.3, 0.4) is 0 Å². The second-order valence-corrected chi connectivity index (χ2v) is 9.00. The van der Waals surface area contributed by atoms with E-state index in [1.165, 1.54) is 30.5 Å². The molecule has 188 valence electrons. The highest BCUT2D eigenvalue weighted by Crippen LogP contribution is 2.42. The Morgan fingerprint density at radius 2 is 1.81 bits per heavy atom. The summed E-state index contributed by atoms with van der Waals surface area (Å²) in [6, 6.07) is 8.84. The molecule has 0 fully saturated rings. The molecule has 37 heavy (non-hydrogen) atoms. The Bertz CT molecular complexity index is 1550. The van der Waals surface area contributed by atoms with Gasteiger partial charge in [0, 0.05) is 49.7 Å². The van der Waals surface area contributed by atoms with Crippen molar-refractivity contribution in [1.82, 2.24) is 15.1 Å². The van der Waals surface area contributed by atoms with Crippen LogP contribution in [0.4, 0.5) is 23.2 Å². The van der Waals surface area contributed by atoms with E-state index in [1.54, 1.807) is 0 Å². The van der Waals surface area contributed by atoms with Crippen molar-refractivity contribution in [2.75, 3.05) is 5.32 Å². The van der Waals surface area contributed by atoms with Crippen LogP contribution in [0.1, 0.15) is 44.4 Å². The minimum absolute atomic E-state index is 0.00944. The third kappa shape index (κ3) is 4.77. The molecule has 1 aliphatic rings. The van der Waals surface area contributed by atoms with Crippen LogP contribution in [0.15, 0.2) is 60.9 Å². The van der Waals surface area contributed by atoms with Crippen LogP contribution in [-0.4, -0.2) is 21.6 Å². The Morgan fingerprint density at radius 1 is 1.03 bits per heavy atom. The minimum atomic E-state index is -2.89. The summed E-state index contributed by atoms with van der Waals surface area (Å²) in [5.41, 5.74) is 1.11. The average Bonchev–Trinajstić information content (AvgIpc) is 3.46. The van der Waals surface area contributed by atoms with E-state index < -0.39 is 36.0 Å². The number of nitrogens with one attached hydrogen (secondary N) is 2. The molecule has 1 aliphatic heterocycles. The molecule has 2 amide bonds. The summed E-state index contributed by atoms with van der Waals surface area (Å²) in [6.45, 7) is -2.89. The zero-order valence-corrected chi connectivity index (χ0v) is 19.9. The molecule has 1 atom stereocenters. The van der Waals surface area contributed by atoms with Crippen molar-refractivity contribution >= 4 is 40.7 Å². The summed E-state index contributed by atoms with van der Waals surface area (Å²) in [5, 5.41) is 9.12. The summed E-state index contributed by atoms with van der Waals surface area (Å²) in [4.78, 5) is 26.0. The van der Waals surface area contributed by atoms with Gasteiger partial charge in [-0.1, -0.05) is 23.2 Å². The molecule has 12 heteroatoms. The topological polar surface area (TPSA) is 76.0 Å². The first-order chi connectivity index (χ1) is 17.6. The van der Waals surface area contributed by atoms with Gasteiger partial charge in [-0.15, -0.1) is 0 Å². The minimum Gasteiger partial charge on any atom is -0.341 e. The quantitative estimate of drug-likeness (QED) is 0.275. The molecule has 0 spiro atoms. The van der Waals surface area contributed by atoms with E-state index in [9.17, 15) is 27.2 Å². The number of aromatic nitrogens is 2. The van der Waals surface area contributed by atoms with Crippen LogP contribution < -0.4 is 10.6 Å². The Hall–Kier alpha value is -3.89. The highest BCUT2D eigenvalue weighted by molar-refractivity contribution is 6.31. The number of benzene rings is 3. The van der Waals surface area contributed by atoms with Gasteiger partial charge in [0.25, 0.3) is 11.8 Å². The summed E-state index contributed by atoms with van der Waals surface area (Å²) in [6.07, 6.45) is 2.26. The fourth-order valence-corrected chi connectivity index (χ4v) is 4.59. The van der Waals surface area contributed by atoms with Gasteiger partial charge in [0.1, 0.15) is 11.6 Å². The van der Waals surface area contributed by atoms with Crippen LogP contribution in [0.5, 0.6) is 0 Å². The standard InChI is InChI=1S/C25H14Cl2F4N4O2/c26-14-3-12(4-16(29)7-14)23(36)33-20-6-11(13-9-32-35(10-13)25(30)31)5-18-21(20)22(34-24(18)37)17-8-15(28)1-2-19(17)27/h1-10,22,25H,(H,33,36)(H,34,37)/t22-/m1/s1. The van der Waals surface area contributed by atoms with Gasteiger partial charge < -0.3 is 10.6 Å². The lowest BCUT2D eigenvalue weighted by molar-refractivity contribution is 0.0566. The monoisotopic (exact) mass is 548 g/mol. The van der Waals surface area contributed by atoms with Gasteiger partial charge in [-0.3, -0.25) is 9.59 Å². The number of rotatable bonds is 5. The fraction of sp³-hybridized carbons (Fsp3) is 0.0800. The highest BCUT2D eigenvalue weighted by Gasteiger charge is 2.35. The van der Waals surface area contributed by atoms with Crippen LogP contribution in [0.25, 0.3) is 11.1 Å². The van der Waals surface area contributed by atoms with E-state index in [1.807, 2.05) is 0 Å². The normalized spacial score (nSPS) is 14.6. The SMILES string of the molecule is O=C(Nc1cc(-c2cnn(C(F)F)c2)cc2c1[C@@H](c1cc(F)ccc1Cl)NC2=O)c1cc(F)cc(Cl)c1. The van der Waals surface area contributed by atoms with E-state index >= 15 is 0 Å². The van der Waals surface area contributed by atoms with Crippen LogP contribution >= 0.6 is 23.2 Å². The van der Waals surface area contributed by atoms with Gasteiger partial charge in [-0.25, -0.2) is 13.5 Å². The Balaban J connectivity index is 1.66. The van der Waals surface area contributed by atoms with E-state index in [0.717, 1.165) is 30.5 Å². The van der Waals surface area contributed by atoms with Gasteiger partial charge in [0.15, 0.2) is 0 Å². The molecule has 6 nitrogen and oxygen atoms in total. The first-order valence-corrected chi connectivity index (χ1v) is 11.4. The van der Waals surface area contributed by atoms with E-state index in [-0.39, 0.29) is 43.5 Å². The third-order valence-corrected chi connectivity index (χ3v) is 6.33. The maximum atomic E-state index is 14.1. The maximum Gasteiger partial charge on any atom is 0.333 e. The van der Waals surface area contributed by atoms with Gasteiger partial charge in [0.2, 0.25) is 0 Å². The molecular formula is C25H14Cl2F4N4O2. The molecule has 0 saturated heterocycles. The molecule has 2 heterocycles. The first kappa shape index (κ1) is 24.8. The molecule has 0 unspecified atom stereocenters. The van der Waals surface area contributed by atoms with Crippen molar-refractivity contribution in [3.05, 3.63) is 105 Å². The molecule has 0 saturated carbocycles. The van der Waals surface area contributed by atoms with E-state index in [2.05, 4.69) is 15.7 Å². The molecule has 1 aromatic heterocycles. The van der Waals surface area contributed by atoms with Crippen LogP contribution in [0, 0.1) is 11.6 Å². The molecule has 5 rings (SSSR count). The number of anilines is 1. The fourth-order valence-electron chi connectivity index (χ4n) is 4.15. The van der Waals surface area contributed by atoms with Gasteiger partial charge in [-0.2, -0.15) is 13.9 Å².